The van der Waals surface area contributed by atoms with Crippen molar-refractivity contribution in [1.82, 2.24) is 10.2 Å². The summed E-state index contributed by atoms with van der Waals surface area (Å²) in [6.45, 7) is 2.37. The van der Waals surface area contributed by atoms with E-state index in [-0.39, 0.29) is 24.0 Å². The van der Waals surface area contributed by atoms with Gasteiger partial charge in [0.25, 0.3) is 0 Å². The van der Waals surface area contributed by atoms with Crippen molar-refractivity contribution in [1.29, 1.82) is 0 Å². The first-order chi connectivity index (χ1) is 12.7. The molecule has 6 heteroatoms. The van der Waals surface area contributed by atoms with Gasteiger partial charge in [-0.1, -0.05) is 30.3 Å². The van der Waals surface area contributed by atoms with Crippen LogP contribution in [0, 0.1) is 0 Å². The van der Waals surface area contributed by atoms with Crippen molar-refractivity contribution in [3.8, 4) is 11.5 Å². The number of hydrogen-bond donors (Lipinski definition) is 1. The molecule has 27 heavy (non-hydrogen) atoms. The Hall–Kier alpha value is -1.96. The molecule has 0 unspecified atom stereocenters. The maximum Gasteiger partial charge on any atom is 0.193 e. The second kappa shape index (κ2) is 10.4. The summed E-state index contributed by atoms with van der Waals surface area (Å²) in [4.78, 5) is 6.50. The molecule has 1 aliphatic heterocycles. The molecule has 2 aromatic rings. The fourth-order valence-electron chi connectivity index (χ4n) is 3.26. The van der Waals surface area contributed by atoms with Crippen LogP contribution in [0.2, 0.25) is 0 Å². The minimum atomic E-state index is 0. The van der Waals surface area contributed by atoms with Gasteiger partial charge in [-0.3, -0.25) is 4.99 Å². The zero-order valence-corrected chi connectivity index (χ0v) is 18.5. The van der Waals surface area contributed by atoms with E-state index >= 15 is 0 Å². The number of rotatable bonds is 6. The van der Waals surface area contributed by atoms with Crippen molar-refractivity contribution in [3.05, 3.63) is 59.2 Å². The van der Waals surface area contributed by atoms with E-state index in [0.717, 1.165) is 55.6 Å². The van der Waals surface area contributed by atoms with Gasteiger partial charge in [0.15, 0.2) is 5.96 Å². The van der Waals surface area contributed by atoms with Crippen LogP contribution in [0.4, 0.5) is 0 Å². The van der Waals surface area contributed by atoms with Gasteiger partial charge in [0.1, 0.15) is 11.5 Å². The van der Waals surface area contributed by atoms with Gasteiger partial charge < -0.3 is 19.7 Å². The zero-order chi connectivity index (χ0) is 18.4. The zero-order valence-electron chi connectivity index (χ0n) is 16.2. The molecule has 1 heterocycles. The first kappa shape index (κ1) is 21.3. The fourth-order valence-corrected chi connectivity index (χ4v) is 3.26. The second-order valence-electron chi connectivity index (χ2n) is 6.43. The van der Waals surface area contributed by atoms with E-state index in [9.17, 15) is 0 Å². The molecule has 0 spiro atoms. The maximum absolute atomic E-state index is 5.57. The third-order valence-corrected chi connectivity index (χ3v) is 4.62. The van der Waals surface area contributed by atoms with Crippen molar-refractivity contribution in [2.75, 3.05) is 34.4 Å². The number of benzene rings is 2. The molecule has 0 atom stereocenters. The van der Waals surface area contributed by atoms with Crippen LogP contribution in [0.25, 0.3) is 0 Å². The highest BCUT2D eigenvalue weighted by Gasteiger charge is 2.12. The van der Waals surface area contributed by atoms with Crippen LogP contribution in [0.15, 0.2) is 47.5 Å². The normalized spacial score (nSPS) is 12.6. The second-order valence-corrected chi connectivity index (χ2v) is 6.43. The van der Waals surface area contributed by atoms with Gasteiger partial charge in [-0.05, 0) is 29.7 Å². The Morgan fingerprint density at radius 2 is 2.07 bits per heavy atom. The molecule has 146 valence electrons. The molecule has 0 bridgehead atoms. The van der Waals surface area contributed by atoms with E-state index in [1.54, 1.807) is 7.11 Å². The number of nitrogens with zero attached hydrogens (tertiary/aromatic N) is 2. The van der Waals surface area contributed by atoms with Crippen LogP contribution < -0.4 is 14.8 Å². The fraction of sp³-hybridized carbons (Fsp3) is 0.381. The Balaban J connectivity index is 0.00000261. The summed E-state index contributed by atoms with van der Waals surface area (Å²) in [7, 11) is 5.55. The number of halogens is 1. The minimum absolute atomic E-state index is 0. The SMILES string of the molecule is CN=C(NCCc1ccc2c(c1)CCO2)N(C)Cc1ccccc1OC.I. The molecule has 5 nitrogen and oxygen atoms in total. The van der Waals surface area contributed by atoms with E-state index in [0.29, 0.717) is 0 Å². The monoisotopic (exact) mass is 481 g/mol. The van der Waals surface area contributed by atoms with Crippen molar-refractivity contribution in [2.45, 2.75) is 19.4 Å². The summed E-state index contributed by atoms with van der Waals surface area (Å²) in [5, 5.41) is 3.45. The highest BCUT2D eigenvalue weighted by Crippen LogP contribution is 2.25. The van der Waals surface area contributed by atoms with Gasteiger partial charge in [-0.25, -0.2) is 0 Å². The highest BCUT2D eigenvalue weighted by atomic mass is 127. The van der Waals surface area contributed by atoms with Crippen LogP contribution in [-0.2, 0) is 19.4 Å². The predicted octanol–water partition coefficient (Wildman–Crippen LogP) is 3.50. The van der Waals surface area contributed by atoms with Crippen molar-refractivity contribution < 1.29 is 9.47 Å². The Labute approximate surface area is 178 Å². The number of aliphatic imine (C=N–C) groups is 1. The topological polar surface area (TPSA) is 46.1 Å². The van der Waals surface area contributed by atoms with Gasteiger partial charge in [-0.15, -0.1) is 24.0 Å². The number of fused-ring (bicyclic) bond motifs is 1. The van der Waals surface area contributed by atoms with Crippen molar-refractivity contribution in [2.24, 2.45) is 4.99 Å². The summed E-state index contributed by atoms with van der Waals surface area (Å²) < 4.78 is 11.0. The van der Waals surface area contributed by atoms with Gasteiger partial charge >= 0.3 is 0 Å². The van der Waals surface area contributed by atoms with Crippen LogP contribution in [0.5, 0.6) is 11.5 Å². The molecule has 0 aliphatic carbocycles. The molecule has 2 aromatic carbocycles. The van der Waals surface area contributed by atoms with Crippen LogP contribution >= 0.6 is 24.0 Å². The molecule has 0 fully saturated rings. The molecule has 0 radical (unpaired) electrons. The van der Waals surface area contributed by atoms with Gasteiger partial charge in [0.05, 0.1) is 13.7 Å². The lowest BCUT2D eigenvalue weighted by molar-refractivity contribution is 0.357. The van der Waals surface area contributed by atoms with Crippen LogP contribution in [-0.4, -0.2) is 45.2 Å². The number of para-hydroxylation sites is 1. The summed E-state index contributed by atoms with van der Waals surface area (Å²) in [6, 6.07) is 14.6. The summed E-state index contributed by atoms with van der Waals surface area (Å²) in [5.41, 5.74) is 3.78. The lowest BCUT2D eigenvalue weighted by Gasteiger charge is -2.23. The minimum Gasteiger partial charge on any atom is -0.496 e. The first-order valence-electron chi connectivity index (χ1n) is 8.99. The number of guanidine groups is 1. The standard InChI is InChI=1S/C21H27N3O2.HI/c1-22-21(24(2)15-18-6-4-5-7-19(18)25-3)23-12-10-16-8-9-20-17(14-16)11-13-26-20;/h4-9,14H,10-13,15H2,1-3H3,(H,22,23);1H. The summed E-state index contributed by atoms with van der Waals surface area (Å²) in [6.07, 6.45) is 1.97. The lowest BCUT2D eigenvalue weighted by Crippen LogP contribution is -2.39. The van der Waals surface area contributed by atoms with Crippen molar-refractivity contribution >= 4 is 29.9 Å². The highest BCUT2D eigenvalue weighted by molar-refractivity contribution is 14.0. The third-order valence-electron chi connectivity index (χ3n) is 4.62. The molecular weight excluding hydrogens is 453 g/mol. The predicted molar refractivity (Wildman–Crippen MR) is 121 cm³/mol. The van der Waals surface area contributed by atoms with Crippen LogP contribution in [0.3, 0.4) is 0 Å². The Bertz CT molecular complexity index is 780. The molecule has 1 N–H and O–H groups in total. The van der Waals surface area contributed by atoms with Gasteiger partial charge in [0.2, 0.25) is 0 Å². The number of methoxy groups -OCH3 is 1. The van der Waals surface area contributed by atoms with Crippen molar-refractivity contribution in [3.63, 3.8) is 0 Å². The Morgan fingerprint density at radius 1 is 1.26 bits per heavy atom. The van der Waals surface area contributed by atoms with Gasteiger partial charge in [-0.2, -0.15) is 0 Å². The lowest BCUT2D eigenvalue weighted by atomic mass is 10.1. The molecule has 0 saturated heterocycles. The molecule has 0 aromatic heterocycles. The van der Waals surface area contributed by atoms with E-state index in [1.165, 1.54) is 11.1 Å². The summed E-state index contributed by atoms with van der Waals surface area (Å²) in [5.74, 6) is 2.81. The number of nitrogens with one attached hydrogen (secondary N) is 1. The molecule has 3 rings (SSSR count). The first-order valence-corrected chi connectivity index (χ1v) is 8.99. The smallest absolute Gasteiger partial charge is 0.193 e. The molecule has 0 amide bonds. The molecule has 1 aliphatic rings. The molecular formula is C21H28IN3O2. The number of hydrogen-bond acceptors (Lipinski definition) is 3. The van der Waals surface area contributed by atoms with E-state index in [4.69, 9.17) is 9.47 Å². The number of ether oxygens (including phenoxy) is 2. The average molecular weight is 481 g/mol. The average Bonchev–Trinajstić information content (AvgIpc) is 3.13. The van der Waals surface area contributed by atoms with E-state index < -0.39 is 0 Å². The molecule has 0 saturated carbocycles. The van der Waals surface area contributed by atoms with E-state index in [1.807, 2.05) is 32.3 Å². The van der Waals surface area contributed by atoms with Crippen LogP contribution in [0.1, 0.15) is 16.7 Å². The van der Waals surface area contributed by atoms with E-state index in [2.05, 4.69) is 39.5 Å². The van der Waals surface area contributed by atoms with Gasteiger partial charge in [0, 0.05) is 39.2 Å². The maximum atomic E-state index is 5.57. The largest absolute Gasteiger partial charge is 0.496 e. The Morgan fingerprint density at radius 3 is 2.85 bits per heavy atom. The Kier molecular flexibility index (Phi) is 8.22. The third kappa shape index (κ3) is 5.51. The quantitative estimate of drug-likeness (QED) is 0.390. The summed E-state index contributed by atoms with van der Waals surface area (Å²) >= 11 is 0.